The SMILES string of the molecule is O=[N+]([O-])c1ccc(CCS(=O)(=O)N2C[C@@H]3CCC[C@H]3C2)cc1. The van der Waals surface area contributed by atoms with Gasteiger partial charge in [-0.05, 0) is 36.7 Å². The van der Waals surface area contributed by atoms with E-state index in [1.165, 1.54) is 18.6 Å². The van der Waals surface area contributed by atoms with Gasteiger partial charge < -0.3 is 0 Å². The minimum Gasteiger partial charge on any atom is -0.258 e. The molecule has 0 spiro atoms. The molecule has 1 heterocycles. The molecule has 0 radical (unpaired) electrons. The smallest absolute Gasteiger partial charge is 0.258 e. The number of hydrogen-bond donors (Lipinski definition) is 0. The van der Waals surface area contributed by atoms with E-state index in [9.17, 15) is 18.5 Å². The maximum Gasteiger partial charge on any atom is 0.269 e. The van der Waals surface area contributed by atoms with Crippen molar-refractivity contribution in [3.8, 4) is 0 Å². The van der Waals surface area contributed by atoms with Crippen LogP contribution in [0.3, 0.4) is 0 Å². The van der Waals surface area contributed by atoms with E-state index in [0.29, 0.717) is 31.3 Å². The van der Waals surface area contributed by atoms with Crippen LogP contribution in [0, 0.1) is 22.0 Å². The third-order valence-electron chi connectivity index (χ3n) is 4.88. The van der Waals surface area contributed by atoms with Crippen LogP contribution < -0.4 is 0 Å². The van der Waals surface area contributed by atoms with E-state index in [4.69, 9.17) is 0 Å². The fraction of sp³-hybridized carbons (Fsp3) is 0.600. The molecule has 6 nitrogen and oxygen atoms in total. The summed E-state index contributed by atoms with van der Waals surface area (Å²) in [6.07, 6.45) is 3.93. The monoisotopic (exact) mass is 324 g/mol. The van der Waals surface area contributed by atoms with E-state index in [1.807, 2.05) is 0 Å². The molecule has 0 bridgehead atoms. The number of non-ortho nitro benzene ring substituents is 1. The highest BCUT2D eigenvalue weighted by atomic mass is 32.2. The van der Waals surface area contributed by atoms with Crippen LogP contribution in [-0.2, 0) is 16.4 Å². The summed E-state index contributed by atoms with van der Waals surface area (Å²) >= 11 is 0. The average molecular weight is 324 g/mol. The number of rotatable bonds is 5. The van der Waals surface area contributed by atoms with Gasteiger partial charge in [0.15, 0.2) is 0 Å². The van der Waals surface area contributed by atoms with Crippen LogP contribution in [0.1, 0.15) is 24.8 Å². The van der Waals surface area contributed by atoms with Crippen molar-refractivity contribution in [3.63, 3.8) is 0 Å². The average Bonchev–Trinajstić information content (AvgIpc) is 3.07. The van der Waals surface area contributed by atoms with Gasteiger partial charge in [-0.15, -0.1) is 0 Å². The van der Waals surface area contributed by atoms with Crippen LogP contribution >= 0.6 is 0 Å². The largest absolute Gasteiger partial charge is 0.269 e. The molecule has 2 aliphatic rings. The molecule has 2 fully saturated rings. The van der Waals surface area contributed by atoms with Crippen LogP contribution in [0.2, 0.25) is 0 Å². The zero-order valence-corrected chi connectivity index (χ0v) is 13.2. The fourth-order valence-electron chi connectivity index (χ4n) is 3.58. The first-order valence-corrected chi connectivity index (χ1v) is 9.28. The van der Waals surface area contributed by atoms with Crippen molar-refractivity contribution in [1.82, 2.24) is 4.31 Å². The standard InChI is InChI=1S/C15H20N2O4S/c18-17(19)15-6-4-12(5-7-15)8-9-22(20,21)16-10-13-2-1-3-14(13)11-16/h4-7,13-14H,1-3,8-11H2/t13-,14-/m0/s1. The van der Waals surface area contributed by atoms with Crippen LogP contribution in [0.25, 0.3) is 0 Å². The molecule has 22 heavy (non-hydrogen) atoms. The van der Waals surface area contributed by atoms with Crippen molar-refractivity contribution >= 4 is 15.7 Å². The Hall–Kier alpha value is -1.47. The Labute approximate surface area is 130 Å². The van der Waals surface area contributed by atoms with E-state index in [2.05, 4.69) is 0 Å². The van der Waals surface area contributed by atoms with Gasteiger partial charge in [0.2, 0.25) is 10.0 Å². The maximum atomic E-state index is 12.4. The third kappa shape index (κ3) is 3.15. The van der Waals surface area contributed by atoms with Crippen molar-refractivity contribution in [3.05, 3.63) is 39.9 Å². The third-order valence-corrected chi connectivity index (χ3v) is 6.69. The summed E-state index contributed by atoms with van der Waals surface area (Å²) in [5, 5.41) is 10.6. The second-order valence-electron chi connectivity index (χ2n) is 6.26. The molecule has 7 heteroatoms. The van der Waals surface area contributed by atoms with Crippen molar-refractivity contribution in [1.29, 1.82) is 0 Å². The van der Waals surface area contributed by atoms with Gasteiger partial charge in [-0.3, -0.25) is 10.1 Å². The Morgan fingerprint density at radius 3 is 2.27 bits per heavy atom. The Morgan fingerprint density at radius 2 is 1.73 bits per heavy atom. The number of sulfonamides is 1. The summed E-state index contributed by atoms with van der Waals surface area (Å²) in [4.78, 5) is 10.1. The molecule has 1 saturated carbocycles. The summed E-state index contributed by atoms with van der Waals surface area (Å²) in [5.74, 6) is 1.17. The highest BCUT2D eigenvalue weighted by Gasteiger charge is 2.40. The highest BCUT2D eigenvalue weighted by molar-refractivity contribution is 7.89. The lowest BCUT2D eigenvalue weighted by atomic mass is 10.0. The Morgan fingerprint density at radius 1 is 1.14 bits per heavy atom. The molecule has 0 N–H and O–H groups in total. The van der Waals surface area contributed by atoms with Crippen molar-refractivity contribution in [2.75, 3.05) is 18.8 Å². The summed E-state index contributed by atoms with van der Waals surface area (Å²) in [6, 6.07) is 6.10. The second-order valence-corrected chi connectivity index (χ2v) is 8.35. The number of nitro benzene ring substituents is 1. The zero-order chi connectivity index (χ0) is 15.7. The predicted molar refractivity (Wildman–Crippen MR) is 83.0 cm³/mol. The molecule has 1 aromatic carbocycles. The van der Waals surface area contributed by atoms with Gasteiger partial charge in [0.05, 0.1) is 10.7 Å². The van der Waals surface area contributed by atoms with Gasteiger partial charge in [-0.25, -0.2) is 12.7 Å². The Bertz CT molecular complexity index is 645. The molecule has 0 aromatic heterocycles. The first kappa shape index (κ1) is 15.4. The summed E-state index contributed by atoms with van der Waals surface area (Å²) in [7, 11) is -3.23. The summed E-state index contributed by atoms with van der Waals surface area (Å²) in [5.41, 5.74) is 0.840. The topological polar surface area (TPSA) is 80.5 Å². The van der Waals surface area contributed by atoms with Crippen LogP contribution in [0.4, 0.5) is 5.69 Å². The minimum atomic E-state index is -3.23. The minimum absolute atomic E-state index is 0.0268. The normalized spacial score (nSPS) is 25.3. The zero-order valence-electron chi connectivity index (χ0n) is 12.3. The van der Waals surface area contributed by atoms with Gasteiger partial charge in [0.1, 0.15) is 0 Å². The summed E-state index contributed by atoms with van der Waals surface area (Å²) < 4.78 is 26.5. The van der Waals surface area contributed by atoms with E-state index in [0.717, 1.165) is 18.4 Å². The van der Waals surface area contributed by atoms with E-state index >= 15 is 0 Å². The van der Waals surface area contributed by atoms with E-state index in [-0.39, 0.29) is 11.4 Å². The van der Waals surface area contributed by atoms with Crippen molar-refractivity contribution in [2.24, 2.45) is 11.8 Å². The Balaban J connectivity index is 1.59. The van der Waals surface area contributed by atoms with Crippen molar-refractivity contribution in [2.45, 2.75) is 25.7 Å². The number of nitro groups is 1. The quantitative estimate of drug-likeness (QED) is 0.614. The van der Waals surface area contributed by atoms with Gasteiger partial charge >= 0.3 is 0 Å². The molecule has 3 rings (SSSR count). The summed E-state index contributed by atoms with van der Waals surface area (Å²) in [6.45, 7) is 1.35. The molecular formula is C15H20N2O4S. The van der Waals surface area contributed by atoms with Gasteiger partial charge in [0, 0.05) is 25.2 Å². The van der Waals surface area contributed by atoms with Gasteiger partial charge in [-0.2, -0.15) is 0 Å². The lowest BCUT2D eigenvalue weighted by molar-refractivity contribution is -0.384. The van der Waals surface area contributed by atoms with E-state index < -0.39 is 14.9 Å². The van der Waals surface area contributed by atoms with Crippen LogP contribution in [0.5, 0.6) is 0 Å². The van der Waals surface area contributed by atoms with Crippen molar-refractivity contribution < 1.29 is 13.3 Å². The Kier molecular flexibility index (Phi) is 4.18. The van der Waals surface area contributed by atoms with E-state index in [1.54, 1.807) is 16.4 Å². The highest BCUT2D eigenvalue weighted by Crippen LogP contribution is 2.38. The number of aryl methyl sites for hydroxylation is 1. The van der Waals surface area contributed by atoms with Gasteiger partial charge in [-0.1, -0.05) is 18.6 Å². The molecule has 0 unspecified atom stereocenters. The molecule has 1 aromatic rings. The number of fused-ring (bicyclic) bond motifs is 1. The van der Waals surface area contributed by atoms with Crippen LogP contribution in [-0.4, -0.2) is 36.5 Å². The fourth-order valence-corrected chi connectivity index (χ4v) is 5.17. The molecule has 1 aliphatic carbocycles. The number of hydrogen-bond acceptors (Lipinski definition) is 4. The lowest BCUT2D eigenvalue weighted by Crippen LogP contribution is -2.32. The van der Waals surface area contributed by atoms with Crippen LogP contribution in [0.15, 0.2) is 24.3 Å². The molecule has 0 amide bonds. The second kappa shape index (κ2) is 5.96. The number of benzene rings is 1. The number of nitrogens with zero attached hydrogens (tertiary/aromatic N) is 2. The van der Waals surface area contributed by atoms with Gasteiger partial charge in [0.25, 0.3) is 5.69 Å². The lowest BCUT2D eigenvalue weighted by Gasteiger charge is -2.17. The molecule has 2 atom stereocenters. The molecule has 1 aliphatic heterocycles. The maximum absolute atomic E-state index is 12.4. The molecular weight excluding hydrogens is 304 g/mol. The molecule has 120 valence electrons. The predicted octanol–water partition coefficient (Wildman–Crippen LogP) is 2.20. The molecule has 1 saturated heterocycles. The first-order valence-electron chi connectivity index (χ1n) is 7.67. The first-order chi connectivity index (χ1) is 10.5.